The second-order valence-electron chi connectivity index (χ2n) is 7.54. The summed E-state index contributed by atoms with van der Waals surface area (Å²) in [6, 6.07) is 9.65. The third kappa shape index (κ3) is 5.36. The number of nitrogens with one attached hydrogen (secondary N) is 1. The topological polar surface area (TPSA) is 110 Å². The Morgan fingerprint density at radius 2 is 1.94 bits per heavy atom. The summed E-state index contributed by atoms with van der Waals surface area (Å²) in [7, 11) is 1.48. The molecule has 1 atom stereocenters. The molecule has 0 saturated carbocycles. The van der Waals surface area contributed by atoms with Crippen LogP contribution >= 0.6 is 12.4 Å². The quantitative estimate of drug-likeness (QED) is 0.372. The predicted molar refractivity (Wildman–Crippen MR) is 120 cm³/mol. The number of halogens is 4. The van der Waals surface area contributed by atoms with Crippen molar-refractivity contribution in [3.05, 3.63) is 59.5 Å². The lowest BCUT2D eigenvalue weighted by Crippen LogP contribution is -2.35. The maximum absolute atomic E-state index is 12.7. The Bertz CT molecular complexity index is 1140. The van der Waals surface area contributed by atoms with Gasteiger partial charge >= 0.3 is 6.18 Å². The Labute approximate surface area is 199 Å². The van der Waals surface area contributed by atoms with E-state index >= 15 is 0 Å². The van der Waals surface area contributed by atoms with Gasteiger partial charge in [0.25, 0.3) is 0 Å². The minimum absolute atomic E-state index is 0. The third-order valence-corrected chi connectivity index (χ3v) is 5.39. The van der Waals surface area contributed by atoms with Gasteiger partial charge in [0, 0.05) is 12.1 Å². The van der Waals surface area contributed by atoms with Crippen molar-refractivity contribution in [3.8, 4) is 22.9 Å². The second kappa shape index (κ2) is 10.2. The Hall–Kier alpha value is -3.47. The number of hydrogen-bond acceptors (Lipinski definition) is 6. The molecule has 3 aromatic rings. The Kier molecular flexibility index (Phi) is 7.55. The molecule has 8 nitrogen and oxygen atoms in total. The second-order valence-corrected chi connectivity index (χ2v) is 7.54. The molecule has 3 N–H and O–H groups in total. The van der Waals surface area contributed by atoms with Gasteiger partial charge in [0.1, 0.15) is 12.6 Å². The molecule has 0 radical (unpaired) electrons. The van der Waals surface area contributed by atoms with Gasteiger partial charge in [-0.2, -0.15) is 18.2 Å². The summed E-state index contributed by atoms with van der Waals surface area (Å²) in [5, 5.41) is 11.7. The fourth-order valence-electron chi connectivity index (χ4n) is 3.68. The molecule has 2 aromatic carbocycles. The van der Waals surface area contributed by atoms with Gasteiger partial charge in [-0.25, -0.2) is 0 Å². The zero-order chi connectivity index (χ0) is 23.6. The Balaban J connectivity index is 0.00000324. The predicted octanol–water partition coefficient (Wildman–Crippen LogP) is 4.80. The highest BCUT2D eigenvalue weighted by Gasteiger charge is 2.32. The van der Waals surface area contributed by atoms with Crippen LogP contribution in [0.15, 0.2) is 47.0 Å². The van der Waals surface area contributed by atoms with Crippen molar-refractivity contribution in [2.45, 2.75) is 31.7 Å². The van der Waals surface area contributed by atoms with E-state index in [-0.39, 0.29) is 31.0 Å². The van der Waals surface area contributed by atoms with Crippen molar-refractivity contribution in [3.63, 3.8) is 0 Å². The van der Waals surface area contributed by atoms with E-state index in [1.165, 1.54) is 19.2 Å². The van der Waals surface area contributed by atoms with E-state index in [1.807, 2.05) is 0 Å². The number of alkyl halides is 3. The number of methoxy groups -OCH3 is 1. The first-order valence-corrected chi connectivity index (χ1v) is 10.2. The highest BCUT2D eigenvalue weighted by atomic mass is 35.5. The van der Waals surface area contributed by atoms with E-state index in [1.54, 1.807) is 23.1 Å². The molecule has 4 rings (SSSR count). The maximum atomic E-state index is 12.7. The van der Waals surface area contributed by atoms with Crippen LogP contribution in [0.5, 0.6) is 11.5 Å². The van der Waals surface area contributed by atoms with Crippen LogP contribution in [0.4, 0.5) is 13.2 Å². The van der Waals surface area contributed by atoms with E-state index in [2.05, 4.69) is 10.1 Å². The average molecular weight is 498 g/mol. The van der Waals surface area contributed by atoms with Crippen molar-refractivity contribution in [2.75, 3.05) is 13.7 Å². The van der Waals surface area contributed by atoms with Gasteiger partial charge in [0.15, 0.2) is 17.5 Å². The molecule has 182 valence electrons. The van der Waals surface area contributed by atoms with Crippen molar-refractivity contribution < 1.29 is 27.2 Å². The zero-order valence-electron chi connectivity index (χ0n) is 18.1. The lowest BCUT2D eigenvalue weighted by atomic mass is 10.1. The molecule has 1 aromatic heterocycles. The van der Waals surface area contributed by atoms with Crippen LogP contribution in [-0.4, -0.2) is 34.7 Å². The summed E-state index contributed by atoms with van der Waals surface area (Å²) < 4.78 is 54.7. The first kappa shape index (κ1) is 25.2. The number of rotatable bonds is 6. The molecular weight excluding hydrogens is 475 g/mol. The maximum Gasteiger partial charge on any atom is 0.416 e. The molecule has 1 fully saturated rings. The molecule has 34 heavy (non-hydrogen) atoms. The van der Waals surface area contributed by atoms with Crippen LogP contribution in [0.3, 0.4) is 0 Å². The summed E-state index contributed by atoms with van der Waals surface area (Å²) in [6.45, 7) is 0.735. The highest BCUT2D eigenvalue weighted by Crippen LogP contribution is 2.35. The Morgan fingerprint density at radius 1 is 1.21 bits per heavy atom. The minimum atomic E-state index is -4.38. The third-order valence-electron chi connectivity index (χ3n) is 5.39. The minimum Gasteiger partial charge on any atom is -0.493 e. The standard InChI is InChI=1S/C22H22F3N5O3.ClH/c1-31-18-11-14(19-28-20(33-29-19)16-3-2-10-30(16)21(26)27)6-9-17(18)32-12-13-4-7-15(8-5-13)22(23,24)25;/h4-9,11,16H,2-3,10,12H2,1H3,(H3,26,27);1H/t16-;/m0./s1. The number of likely N-dealkylation sites (tertiary alicyclic amines) is 1. The number of ether oxygens (including phenoxy) is 2. The van der Waals surface area contributed by atoms with E-state index in [0.717, 1.165) is 25.0 Å². The summed E-state index contributed by atoms with van der Waals surface area (Å²) >= 11 is 0. The van der Waals surface area contributed by atoms with Gasteiger partial charge in [0.05, 0.1) is 12.7 Å². The molecule has 0 amide bonds. The van der Waals surface area contributed by atoms with Crippen molar-refractivity contribution in [1.82, 2.24) is 15.0 Å². The van der Waals surface area contributed by atoms with E-state index in [0.29, 0.717) is 40.9 Å². The van der Waals surface area contributed by atoms with Crippen LogP contribution in [0.1, 0.15) is 35.9 Å². The van der Waals surface area contributed by atoms with Crippen molar-refractivity contribution >= 4 is 18.4 Å². The van der Waals surface area contributed by atoms with Gasteiger partial charge in [-0.05, 0) is 48.7 Å². The number of hydrogen-bond donors (Lipinski definition) is 2. The van der Waals surface area contributed by atoms with Crippen molar-refractivity contribution in [2.24, 2.45) is 5.73 Å². The van der Waals surface area contributed by atoms with Gasteiger partial charge < -0.3 is 24.6 Å². The molecule has 0 bridgehead atoms. The number of guanidine groups is 1. The fraction of sp³-hybridized carbons (Fsp3) is 0.318. The summed E-state index contributed by atoms with van der Waals surface area (Å²) in [5.41, 5.74) is 6.14. The van der Waals surface area contributed by atoms with Crippen LogP contribution < -0.4 is 15.2 Å². The fourth-order valence-corrected chi connectivity index (χ4v) is 3.68. The van der Waals surface area contributed by atoms with Gasteiger partial charge in [-0.1, -0.05) is 17.3 Å². The monoisotopic (exact) mass is 497 g/mol. The van der Waals surface area contributed by atoms with Crippen molar-refractivity contribution in [1.29, 1.82) is 5.41 Å². The molecule has 0 unspecified atom stereocenters. The molecule has 1 aliphatic heterocycles. The Morgan fingerprint density at radius 3 is 2.59 bits per heavy atom. The number of benzene rings is 2. The summed E-state index contributed by atoms with van der Waals surface area (Å²) in [5.74, 6) is 1.54. The molecule has 0 aliphatic carbocycles. The van der Waals surface area contributed by atoms with Crippen LogP contribution in [0, 0.1) is 5.41 Å². The first-order valence-electron chi connectivity index (χ1n) is 10.2. The van der Waals surface area contributed by atoms with Crippen LogP contribution in [-0.2, 0) is 12.8 Å². The first-order chi connectivity index (χ1) is 15.8. The van der Waals surface area contributed by atoms with Crippen LogP contribution in [0.2, 0.25) is 0 Å². The van der Waals surface area contributed by atoms with Gasteiger partial charge in [-0.15, -0.1) is 12.4 Å². The van der Waals surface area contributed by atoms with Gasteiger partial charge in [-0.3, -0.25) is 5.41 Å². The van der Waals surface area contributed by atoms with E-state index in [4.69, 9.17) is 25.1 Å². The normalized spacial score (nSPS) is 15.6. The SMILES string of the molecule is COc1cc(-c2noc([C@@H]3CCCN3C(=N)N)n2)ccc1OCc1ccc(C(F)(F)F)cc1.Cl. The van der Waals surface area contributed by atoms with E-state index < -0.39 is 11.7 Å². The highest BCUT2D eigenvalue weighted by molar-refractivity contribution is 5.85. The number of nitrogens with zero attached hydrogens (tertiary/aromatic N) is 3. The molecular formula is C22H23ClF3N5O3. The lowest BCUT2D eigenvalue weighted by molar-refractivity contribution is -0.137. The van der Waals surface area contributed by atoms with Crippen LogP contribution in [0.25, 0.3) is 11.4 Å². The zero-order valence-corrected chi connectivity index (χ0v) is 18.9. The summed E-state index contributed by atoms with van der Waals surface area (Å²) in [6.07, 6.45) is -2.74. The lowest BCUT2D eigenvalue weighted by Gasteiger charge is -2.21. The molecule has 2 heterocycles. The largest absolute Gasteiger partial charge is 0.493 e. The summed E-state index contributed by atoms with van der Waals surface area (Å²) in [4.78, 5) is 6.18. The molecule has 12 heteroatoms. The molecule has 1 saturated heterocycles. The number of aromatic nitrogens is 2. The number of nitrogens with two attached hydrogens (primary N) is 1. The molecule has 1 aliphatic rings. The smallest absolute Gasteiger partial charge is 0.416 e. The van der Waals surface area contributed by atoms with E-state index in [9.17, 15) is 13.2 Å². The molecule has 0 spiro atoms. The average Bonchev–Trinajstić information content (AvgIpc) is 3.47. The van der Waals surface area contributed by atoms with Gasteiger partial charge in [0.2, 0.25) is 11.7 Å².